The van der Waals surface area contributed by atoms with Crippen LogP contribution in [-0.2, 0) is 30.0 Å². The molecule has 228 valence electrons. The number of halogens is 3. The summed E-state index contributed by atoms with van der Waals surface area (Å²) in [5.74, 6) is -4.42. The van der Waals surface area contributed by atoms with Crippen LogP contribution in [0.5, 0.6) is 0 Å². The summed E-state index contributed by atoms with van der Waals surface area (Å²) in [6.07, 6.45) is -5.23. The summed E-state index contributed by atoms with van der Waals surface area (Å²) in [5.41, 5.74) is -0.0605. The quantitative estimate of drug-likeness (QED) is 0.428. The van der Waals surface area contributed by atoms with Crippen LogP contribution in [0.25, 0.3) is 0 Å². The van der Waals surface area contributed by atoms with Crippen molar-refractivity contribution in [3.05, 3.63) is 76.5 Å². The maximum absolute atomic E-state index is 14.0. The lowest BCUT2D eigenvalue weighted by Gasteiger charge is -2.41. The summed E-state index contributed by atoms with van der Waals surface area (Å²) in [5, 5.41) is 18.4. The molecule has 0 spiro atoms. The number of morpholine rings is 1. The van der Waals surface area contributed by atoms with Crippen molar-refractivity contribution in [2.24, 2.45) is 5.92 Å². The molecule has 0 radical (unpaired) electrons. The number of nitrogens with zero attached hydrogens (tertiary/aromatic N) is 3. The Morgan fingerprint density at radius 1 is 1.16 bits per heavy atom. The van der Waals surface area contributed by atoms with Crippen molar-refractivity contribution in [2.75, 3.05) is 44.4 Å². The molecule has 2 heterocycles. The molecule has 0 aromatic heterocycles. The Morgan fingerprint density at radius 3 is 2.44 bits per heavy atom. The van der Waals surface area contributed by atoms with Crippen molar-refractivity contribution >= 4 is 23.5 Å². The molecule has 2 aromatic carbocycles. The smallest absolute Gasteiger partial charge is 0.416 e. The molecule has 0 amide bonds. The molecule has 3 unspecified atom stereocenters. The molecular formula is C31H33F3N4O5. The zero-order chi connectivity index (χ0) is 31.3. The van der Waals surface area contributed by atoms with E-state index in [9.17, 15) is 28.0 Å². The number of nitrogens with one attached hydrogen (secondary N) is 1. The van der Waals surface area contributed by atoms with Crippen molar-refractivity contribution in [2.45, 2.75) is 39.0 Å². The topological polar surface area (TPSA) is 116 Å². The highest BCUT2D eigenvalue weighted by atomic mass is 19.4. The first-order valence-electron chi connectivity index (χ1n) is 13.9. The number of benzene rings is 2. The summed E-state index contributed by atoms with van der Waals surface area (Å²) in [6.45, 7) is 7.69. The van der Waals surface area contributed by atoms with Crippen LogP contribution in [0.1, 0.15) is 43.4 Å². The monoisotopic (exact) mass is 598 g/mol. The van der Waals surface area contributed by atoms with E-state index in [2.05, 4.69) is 4.90 Å². The third-order valence-corrected chi connectivity index (χ3v) is 7.42. The summed E-state index contributed by atoms with van der Waals surface area (Å²) < 4.78 is 57.6. The Hall–Kier alpha value is -4.21. The zero-order valence-electron chi connectivity index (χ0n) is 24.1. The van der Waals surface area contributed by atoms with Crippen molar-refractivity contribution in [1.29, 1.82) is 10.7 Å². The Morgan fingerprint density at radius 2 is 1.84 bits per heavy atom. The predicted molar refractivity (Wildman–Crippen MR) is 151 cm³/mol. The largest absolute Gasteiger partial charge is 0.465 e. The normalized spacial score (nSPS) is 20.4. The van der Waals surface area contributed by atoms with E-state index in [1.54, 1.807) is 26.0 Å². The summed E-state index contributed by atoms with van der Waals surface area (Å²) in [7, 11) is 0. The molecule has 43 heavy (non-hydrogen) atoms. The van der Waals surface area contributed by atoms with Gasteiger partial charge in [-0.25, -0.2) is 4.79 Å². The first-order valence-corrected chi connectivity index (χ1v) is 13.9. The highest BCUT2D eigenvalue weighted by Gasteiger charge is 2.48. The van der Waals surface area contributed by atoms with E-state index in [1.807, 2.05) is 6.07 Å². The van der Waals surface area contributed by atoms with Gasteiger partial charge >= 0.3 is 18.1 Å². The molecule has 1 fully saturated rings. The van der Waals surface area contributed by atoms with Crippen LogP contribution in [0, 0.1) is 22.7 Å². The van der Waals surface area contributed by atoms with Gasteiger partial charge in [0.1, 0.15) is 17.9 Å². The van der Waals surface area contributed by atoms with Crippen LogP contribution >= 0.6 is 0 Å². The molecule has 2 aromatic rings. The standard InChI is InChI=1S/C31H33F3N4O5/c1-4-42-29(39)27-26(22-10-8-21(17-35)9-11-22)25(30(40)43-19(2)18-37-12-14-41-15-13-37)20(3)38(28(27)36)24-7-5-6-23(16-24)31(32,33)34/h5-11,16,19,26-27,36H,4,12-15,18H2,1-3H3. The van der Waals surface area contributed by atoms with Gasteiger partial charge in [-0.2, -0.15) is 18.4 Å². The van der Waals surface area contributed by atoms with Crippen LogP contribution in [0.4, 0.5) is 18.9 Å². The van der Waals surface area contributed by atoms with E-state index in [0.29, 0.717) is 44.0 Å². The van der Waals surface area contributed by atoms with Crippen molar-refractivity contribution in [1.82, 2.24) is 4.90 Å². The van der Waals surface area contributed by atoms with Crippen LogP contribution in [0.15, 0.2) is 59.8 Å². The van der Waals surface area contributed by atoms with Crippen LogP contribution in [-0.4, -0.2) is 68.2 Å². The van der Waals surface area contributed by atoms with E-state index in [1.165, 1.54) is 36.1 Å². The van der Waals surface area contributed by atoms with Crippen molar-refractivity contribution in [3.8, 4) is 6.07 Å². The number of allylic oxidation sites excluding steroid dienone is 1. The third-order valence-electron chi connectivity index (χ3n) is 7.42. The van der Waals surface area contributed by atoms with Gasteiger partial charge in [-0.05, 0) is 56.7 Å². The highest BCUT2D eigenvalue weighted by Crippen LogP contribution is 2.44. The van der Waals surface area contributed by atoms with Gasteiger partial charge in [0.05, 0.1) is 42.6 Å². The van der Waals surface area contributed by atoms with Gasteiger partial charge in [-0.1, -0.05) is 18.2 Å². The number of nitriles is 1. The first-order chi connectivity index (χ1) is 20.5. The summed E-state index contributed by atoms with van der Waals surface area (Å²) in [6, 6.07) is 12.6. The van der Waals surface area contributed by atoms with Crippen molar-refractivity contribution < 1.29 is 37.0 Å². The number of anilines is 1. The SMILES string of the molecule is CCOC(=O)C1C(=N)N(c2cccc(C(F)(F)F)c2)C(C)=C(C(=O)OC(C)CN2CCOCC2)C1c1ccc(C#N)cc1. The van der Waals surface area contributed by atoms with E-state index in [4.69, 9.17) is 19.6 Å². The van der Waals surface area contributed by atoms with Crippen LogP contribution in [0.3, 0.4) is 0 Å². The summed E-state index contributed by atoms with van der Waals surface area (Å²) in [4.78, 5) is 30.7. The molecule has 2 aliphatic rings. The molecule has 4 rings (SSSR count). The number of ether oxygens (including phenoxy) is 3. The number of rotatable bonds is 8. The fraction of sp³-hybridized carbons (Fsp3) is 0.419. The molecule has 0 saturated carbocycles. The second kappa shape index (κ2) is 13.4. The number of carbonyl (C=O) groups excluding carboxylic acids is 2. The number of hydrogen-bond acceptors (Lipinski definition) is 8. The Kier molecular flexibility index (Phi) is 9.88. The Balaban J connectivity index is 1.85. The van der Waals surface area contributed by atoms with Crippen LogP contribution in [0.2, 0.25) is 0 Å². The minimum absolute atomic E-state index is 0.00463. The lowest BCUT2D eigenvalue weighted by molar-refractivity contribution is -0.147. The maximum atomic E-state index is 14.0. The number of amidine groups is 1. The molecule has 9 nitrogen and oxygen atoms in total. The lowest BCUT2D eigenvalue weighted by Crippen LogP contribution is -2.49. The molecule has 0 aliphatic carbocycles. The van der Waals surface area contributed by atoms with E-state index < -0.39 is 41.6 Å². The third kappa shape index (κ3) is 7.06. The second-order valence-electron chi connectivity index (χ2n) is 10.3. The zero-order valence-corrected chi connectivity index (χ0v) is 24.1. The predicted octanol–water partition coefficient (Wildman–Crippen LogP) is 4.88. The van der Waals surface area contributed by atoms with Gasteiger partial charge in [0.25, 0.3) is 0 Å². The Labute approximate surface area is 247 Å². The van der Waals surface area contributed by atoms with Crippen LogP contribution < -0.4 is 4.90 Å². The molecule has 0 bridgehead atoms. The average molecular weight is 599 g/mol. The highest BCUT2D eigenvalue weighted by molar-refractivity contribution is 6.14. The van der Waals surface area contributed by atoms with Gasteiger partial charge < -0.3 is 19.1 Å². The fourth-order valence-electron chi connectivity index (χ4n) is 5.45. The first kappa shape index (κ1) is 31.7. The number of alkyl halides is 3. The minimum atomic E-state index is -4.66. The molecule has 1 N–H and O–H groups in total. The van der Waals surface area contributed by atoms with Crippen molar-refractivity contribution in [3.63, 3.8) is 0 Å². The van der Waals surface area contributed by atoms with Gasteiger partial charge in [0.2, 0.25) is 0 Å². The van der Waals surface area contributed by atoms with Gasteiger partial charge in [-0.3, -0.25) is 15.1 Å². The van der Waals surface area contributed by atoms with E-state index in [0.717, 1.165) is 12.1 Å². The van der Waals surface area contributed by atoms with E-state index in [-0.39, 0.29) is 29.4 Å². The second-order valence-corrected chi connectivity index (χ2v) is 10.3. The molecule has 2 aliphatic heterocycles. The average Bonchev–Trinajstić information content (AvgIpc) is 2.97. The van der Waals surface area contributed by atoms with Gasteiger partial charge in [0, 0.05) is 36.9 Å². The Bertz CT molecular complexity index is 1430. The number of esters is 2. The molecule has 12 heteroatoms. The molecule has 1 saturated heterocycles. The van der Waals surface area contributed by atoms with E-state index >= 15 is 0 Å². The minimum Gasteiger partial charge on any atom is -0.465 e. The van der Waals surface area contributed by atoms with Gasteiger partial charge in [-0.15, -0.1) is 0 Å². The molecule has 3 atom stereocenters. The lowest BCUT2D eigenvalue weighted by atomic mass is 9.75. The maximum Gasteiger partial charge on any atom is 0.416 e. The summed E-state index contributed by atoms with van der Waals surface area (Å²) >= 11 is 0. The molecular weight excluding hydrogens is 565 g/mol. The number of hydrogen-bond donors (Lipinski definition) is 1. The number of carbonyl (C=O) groups is 2. The van der Waals surface area contributed by atoms with Gasteiger partial charge in [0.15, 0.2) is 0 Å². The fourth-order valence-corrected chi connectivity index (χ4v) is 5.45.